The Morgan fingerprint density at radius 3 is 2.60 bits per heavy atom. The molecule has 0 fully saturated rings. The van der Waals surface area contributed by atoms with Crippen LogP contribution in [0.15, 0.2) is 65.3 Å². The van der Waals surface area contributed by atoms with Crippen LogP contribution in [0.25, 0.3) is 10.8 Å². The number of fused-ring (bicyclic) bond motifs is 1. The Hall–Kier alpha value is -1.71. The molecule has 0 saturated heterocycles. The van der Waals surface area contributed by atoms with E-state index in [9.17, 15) is 5.11 Å². The molecule has 3 heteroatoms. The van der Waals surface area contributed by atoms with Gasteiger partial charge in [0.25, 0.3) is 0 Å². The van der Waals surface area contributed by atoms with Crippen LogP contribution in [0, 0.1) is 0 Å². The first-order chi connectivity index (χ1) is 9.75. The fourth-order valence-corrected chi connectivity index (χ4v) is 2.82. The second-order valence-corrected chi connectivity index (χ2v) is 5.58. The highest BCUT2D eigenvalue weighted by molar-refractivity contribution is 9.10. The van der Waals surface area contributed by atoms with E-state index >= 15 is 0 Å². The Labute approximate surface area is 126 Å². The Bertz CT molecular complexity index is 736. The predicted molar refractivity (Wildman–Crippen MR) is 84.5 cm³/mol. The monoisotopic (exact) mass is 327 g/mol. The Morgan fingerprint density at radius 1 is 1.00 bits per heavy atom. The van der Waals surface area contributed by atoms with Crippen molar-refractivity contribution >= 4 is 26.7 Å². The van der Waals surface area contributed by atoms with Crippen molar-refractivity contribution in [2.75, 3.05) is 0 Å². The van der Waals surface area contributed by atoms with Crippen molar-refractivity contribution < 1.29 is 5.11 Å². The van der Waals surface area contributed by atoms with E-state index in [4.69, 9.17) is 0 Å². The van der Waals surface area contributed by atoms with Crippen molar-refractivity contribution in [1.29, 1.82) is 0 Å². The smallest absolute Gasteiger partial charge is 0.101 e. The second kappa shape index (κ2) is 5.73. The van der Waals surface area contributed by atoms with Crippen molar-refractivity contribution in [3.8, 4) is 0 Å². The molecular formula is C17H14BrNO. The van der Waals surface area contributed by atoms with Gasteiger partial charge in [0.05, 0.1) is 5.69 Å². The molecule has 2 nitrogen and oxygen atoms in total. The van der Waals surface area contributed by atoms with Gasteiger partial charge in [0.1, 0.15) is 6.10 Å². The van der Waals surface area contributed by atoms with Gasteiger partial charge in [0.2, 0.25) is 0 Å². The zero-order chi connectivity index (χ0) is 13.9. The van der Waals surface area contributed by atoms with Crippen LogP contribution in [-0.2, 0) is 6.42 Å². The molecule has 1 atom stereocenters. The minimum atomic E-state index is -0.611. The average Bonchev–Trinajstić information content (AvgIpc) is 2.49. The predicted octanol–water partition coefficient (Wildman–Crippen LogP) is 4.27. The molecule has 0 aliphatic carbocycles. The summed E-state index contributed by atoms with van der Waals surface area (Å²) in [4.78, 5) is 4.37. The lowest BCUT2D eigenvalue weighted by atomic mass is 10.0. The number of aliphatic hydroxyl groups is 1. The quantitative estimate of drug-likeness (QED) is 0.779. The minimum absolute atomic E-state index is 0.544. The molecule has 0 saturated carbocycles. The van der Waals surface area contributed by atoms with Crippen LogP contribution >= 0.6 is 15.9 Å². The molecule has 0 amide bonds. The molecule has 1 unspecified atom stereocenters. The van der Waals surface area contributed by atoms with Crippen LogP contribution in [0.3, 0.4) is 0 Å². The van der Waals surface area contributed by atoms with Gasteiger partial charge < -0.3 is 5.11 Å². The van der Waals surface area contributed by atoms with Gasteiger partial charge in [-0.15, -0.1) is 0 Å². The van der Waals surface area contributed by atoms with Crippen LogP contribution in [-0.4, -0.2) is 10.1 Å². The number of aliphatic hydroxyl groups excluding tert-OH is 1. The summed E-state index contributed by atoms with van der Waals surface area (Å²) in [6, 6.07) is 17.9. The SMILES string of the molecule is OC(Cc1ccccc1Br)c1nccc2ccccc12. The molecule has 2 aromatic carbocycles. The van der Waals surface area contributed by atoms with Crippen molar-refractivity contribution in [3.05, 3.63) is 76.5 Å². The van der Waals surface area contributed by atoms with E-state index in [-0.39, 0.29) is 0 Å². The van der Waals surface area contributed by atoms with E-state index in [1.807, 2.05) is 54.6 Å². The van der Waals surface area contributed by atoms with Crippen LogP contribution in [0.4, 0.5) is 0 Å². The summed E-state index contributed by atoms with van der Waals surface area (Å²) >= 11 is 3.52. The fraction of sp³-hybridized carbons (Fsp3) is 0.118. The lowest BCUT2D eigenvalue weighted by molar-refractivity contribution is 0.175. The second-order valence-electron chi connectivity index (χ2n) is 4.73. The third-order valence-electron chi connectivity index (χ3n) is 3.39. The Balaban J connectivity index is 1.97. The first-order valence-corrected chi connectivity index (χ1v) is 7.30. The van der Waals surface area contributed by atoms with Crippen molar-refractivity contribution in [3.63, 3.8) is 0 Å². The molecule has 0 bridgehead atoms. The van der Waals surface area contributed by atoms with Gasteiger partial charge in [0, 0.05) is 22.5 Å². The van der Waals surface area contributed by atoms with Gasteiger partial charge in [-0.1, -0.05) is 58.4 Å². The maximum atomic E-state index is 10.5. The number of hydrogen-bond acceptors (Lipinski definition) is 2. The van der Waals surface area contributed by atoms with Crippen LogP contribution in [0.1, 0.15) is 17.4 Å². The molecule has 0 aliphatic heterocycles. The summed E-state index contributed by atoms with van der Waals surface area (Å²) in [6.45, 7) is 0. The molecule has 0 radical (unpaired) electrons. The molecule has 1 aromatic heterocycles. The standard InChI is InChI=1S/C17H14BrNO/c18-15-8-4-2-6-13(15)11-16(20)17-14-7-3-1-5-12(14)9-10-19-17/h1-10,16,20H,11H2. The molecule has 0 spiro atoms. The summed E-state index contributed by atoms with van der Waals surface area (Å²) in [5.41, 5.74) is 1.81. The molecular weight excluding hydrogens is 314 g/mol. The summed E-state index contributed by atoms with van der Waals surface area (Å²) in [5.74, 6) is 0. The summed E-state index contributed by atoms with van der Waals surface area (Å²) < 4.78 is 1.01. The number of nitrogens with zero attached hydrogens (tertiary/aromatic N) is 1. The van der Waals surface area contributed by atoms with E-state index in [1.54, 1.807) is 6.20 Å². The van der Waals surface area contributed by atoms with Crippen molar-refractivity contribution in [2.45, 2.75) is 12.5 Å². The zero-order valence-electron chi connectivity index (χ0n) is 10.8. The first kappa shape index (κ1) is 13.3. The van der Waals surface area contributed by atoms with Crippen LogP contribution in [0.2, 0.25) is 0 Å². The molecule has 0 aliphatic rings. The molecule has 20 heavy (non-hydrogen) atoms. The molecule has 100 valence electrons. The summed E-state index contributed by atoms with van der Waals surface area (Å²) in [7, 11) is 0. The van der Waals surface area contributed by atoms with Gasteiger partial charge in [0.15, 0.2) is 0 Å². The van der Waals surface area contributed by atoms with Crippen LogP contribution < -0.4 is 0 Å². The maximum Gasteiger partial charge on any atom is 0.101 e. The van der Waals surface area contributed by atoms with Crippen molar-refractivity contribution in [1.82, 2.24) is 4.98 Å². The van der Waals surface area contributed by atoms with Gasteiger partial charge in [-0.25, -0.2) is 0 Å². The summed E-state index contributed by atoms with van der Waals surface area (Å²) in [5, 5.41) is 12.6. The Morgan fingerprint density at radius 2 is 1.75 bits per heavy atom. The third kappa shape index (κ3) is 2.60. The molecule has 3 rings (SSSR count). The number of aromatic nitrogens is 1. The lowest BCUT2D eigenvalue weighted by Crippen LogP contribution is -2.05. The molecule has 1 N–H and O–H groups in total. The highest BCUT2D eigenvalue weighted by atomic mass is 79.9. The largest absolute Gasteiger partial charge is 0.386 e. The minimum Gasteiger partial charge on any atom is -0.386 e. The van der Waals surface area contributed by atoms with Crippen molar-refractivity contribution in [2.24, 2.45) is 0 Å². The normalized spacial score (nSPS) is 12.5. The number of pyridine rings is 1. The number of halogens is 1. The average molecular weight is 328 g/mol. The summed E-state index contributed by atoms with van der Waals surface area (Å²) in [6.07, 6.45) is 1.68. The molecule has 3 aromatic rings. The first-order valence-electron chi connectivity index (χ1n) is 6.51. The van der Waals surface area contributed by atoms with E-state index < -0.39 is 6.10 Å². The van der Waals surface area contributed by atoms with Gasteiger partial charge >= 0.3 is 0 Å². The number of rotatable bonds is 3. The van der Waals surface area contributed by atoms with Crippen LogP contribution in [0.5, 0.6) is 0 Å². The molecule has 1 heterocycles. The van der Waals surface area contributed by atoms with Gasteiger partial charge in [-0.05, 0) is 23.1 Å². The van der Waals surface area contributed by atoms with E-state index in [1.165, 1.54) is 0 Å². The topological polar surface area (TPSA) is 33.1 Å². The van der Waals surface area contributed by atoms with E-state index in [0.717, 1.165) is 26.5 Å². The Kier molecular flexibility index (Phi) is 3.81. The number of hydrogen-bond donors (Lipinski definition) is 1. The maximum absolute atomic E-state index is 10.5. The number of benzene rings is 2. The zero-order valence-corrected chi connectivity index (χ0v) is 12.4. The lowest BCUT2D eigenvalue weighted by Gasteiger charge is -2.13. The van der Waals surface area contributed by atoms with Gasteiger partial charge in [-0.2, -0.15) is 0 Å². The highest BCUT2D eigenvalue weighted by Gasteiger charge is 2.14. The fourth-order valence-electron chi connectivity index (χ4n) is 2.38. The van der Waals surface area contributed by atoms with E-state index in [0.29, 0.717) is 6.42 Å². The van der Waals surface area contributed by atoms with E-state index in [2.05, 4.69) is 20.9 Å². The third-order valence-corrected chi connectivity index (χ3v) is 4.16. The highest BCUT2D eigenvalue weighted by Crippen LogP contribution is 2.27. The van der Waals surface area contributed by atoms with Gasteiger partial charge in [-0.3, -0.25) is 4.98 Å².